The van der Waals surface area contributed by atoms with Crippen molar-refractivity contribution < 1.29 is 9.13 Å². The van der Waals surface area contributed by atoms with E-state index in [0.717, 1.165) is 16.6 Å². The number of hydrogen-bond acceptors (Lipinski definition) is 3. The highest BCUT2D eigenvalue weighted by molar-refractivity contribution is 9.10. The Morgan fingerprint density at radius 3 is 2.71 bits per heavy atom. The molecule has 1 aromatic heterocycles. The van der Waals surface area contributed by atoms with Gasteiger partial charge < -0.3 is 10.5 Å². The summed E-state index contributed by atoms with van der Waals surface area (Å²) in [7, 11) is 0. The van der Waals surface area contributed by atoms with Crippen LogP contribution in [0, 0.1) is 5.82 Å². The number of ether oxygens (including phenoxy) is 1. The predicted octanol–water partition coefficient (Wildman–Crippen LogP) is 4.39. The van der Waals surface area contributed by atoms with Gasteiger partial charge in [-0.25, -0.2) is 4.39 Å². The Bertz CT molecular complexity index is 787. The fraction of sp³-hybridized carbons (Fsp3) is 0.0625. The standard InChI is InChI=1S/C16H12BrFN2O/c17-10-5-11(18)7-13(6-10)21-16-8-12(9-19)20-15-4-2-1-3-14(15)16/h1-8H,9,19H2. The average Bonchev–Trinajstić information content (AvgIpc) is 2.46. The second kappa shape index (κ2) is 5.79. The third kappa shape index (κ3) is 3.04. The first-order valence-electron chi connectivity index (χ1n) is 6.38. The number of nitrogens with two attached hydrogens (primary N) is 1. The van der Waals surface area contributed by atoms with E-state index in [1.54, 1.807) is 12.1 Å². The van der Waals surface area contributed by atoms with Crippen molar-refractivity contribution in [2.24, 2.45) is 5.73 Å². The summed E-state index contributed by atoms with van der Waals surface area (Å²) in [4.78, 5) is 4.44. The molecule has 0 radical (unpaired) electrons. The van der Waals surface area contributed by atoms with Crippen LogP contribution in [0.4, 0.5) is 4.39 Å². The second-order valence-corrected chi connectivity index (χ2v) is 5.46. The van der Waals surface area contributed by atoms with Gasteiger partial charge in [0.2, 0.25) is 0 Å². The summed E-state index contributed by atoms with van der Waals surface area (Å²) in [6.45, 7) is 0.314. The average molecular weight is 347 g/mol. The van der Waals surface area contributed by atoms with Gasteiger partial charge in [-0.3, -0.25) is 4.98 Å². The molecule has 3 nitrogen and oxygen atoms in total. The molecule has 0 atom stereocenters. The van der Waals surface area contributed by atoms with Gasteiger partial charge in [0.05, 0.1) is 11.2 Å². The van der Waals surface area contributed by atoms with E-state index in [4.69, 9.17) is 10.5 Å². The minimum atomic E-state index is -0.364. The van der Waals surface area contributed by atoms with E-state index in [1.807, 2.05) is 24.3 Å². The molecule has 2 N–H and O–H groups in total. The largest absolute Gasteiger partial charge is 0.456 e. The van der Waals surface area contributed by atoms with Crippen molar-refractivity contribution in [2.75, 3.05) is 0 Å². The summed E-state index contributed by atoms with van der Waals surface area (Å²) >= 11 is 3.25. The van der Waals surface area contributed by atoms with Gasteiger partial charge in [0, 0.05) is 28.5 Å². The molecule has 3 rings (SSSR count). The molecule has 21 heavy (non-hydrogen) atoms. The molecule has 2 aromatic carbocycles. The number of halogens is 2. The topological polar surface area (TPSA) is 48.1 Å². The van der Waals surface area contributed by atoms with Crippen LogP contribution < -0.4 is 10.5 Å². The van der Waals surface area contributed by atoms with E-state index in [9.17, 15) is 4.39 Å². The van der Waals surface area contributed by atoms with Crippen LogP contribution in [-0.2, 0) is 6.54 Å². The molecule has 0 unspecified atom stereocenters. The number of hydrogen-bond donors (Lipinski definition) is 1. The SMILES string of the molecule is NCc1cc(Oc2cc(F)cc(Br)c2)c2ccccc2n1. The van der Waals surface area contributed by atoms with Gasteiger partial charge in [-0.15, -0.1) is 0 Å². The monoisotopic (exact) mass is 346 g/mol. The molecule has 3 aromatic rings. The molecule has 0 bridgehead atoms. The molecule has 0 aliphatic heterocycles. The summed E-state index contributed by atoms with van der Waals surface area (Å²) in [6.07, 6.45) is 0. The normalized spacial score (nSPS) is 10.8. The van der Waals surface area contributed by atoms with Gasteiger partial charge in [-0.1, -0.05) is 28.1 Å². The Labute approximate surface area is 129 Å². The predicted molar refractivity (Wildman–Crippen MR) is 83.8 cm³/mol. The summed E-state index contributed by atoms with van der Waals surface area (Å²) in [5.41, 5.74) is 7.18. The van der Waals surface area contributed by atoms with E-state index in [-0.39, 0.29) is 5.82 Å². The quantitative estimate of drug-likeness (QED) is 0.765. The van der Waals surface area contributed by atoms with Crippen LogP contribution in [0.25, 0.3) is 10.9 Å². The molecule has 0 spiro atoms. The highest BCUT2D eigenvalue weighted by atomic mass is 79.9. The van der Waals surface area contributed by atoms with Crippen molar-refractivity contribution >= 4 is 26.8 Å². The Morgan fingerprint density at radius 2 is 1.95 bits per heavy atom. The van der Waals surface area contributed by atoms with Crippen molar-refractivity contribution in [3.8, 4) is 11.5 Å². The van der Waals surface area contributed by atoms with Crippen LogP contribution in [0.3, 0.4) is 0 Å². The first-order chi connectivity index (χ1) is 10.2. The van der Waals surface area contributed by atoms with E-state index >= 15 is 0 Å². The molecule has 1 heterocycles. The number of pyridine rings is 1. The number of benzene rings is 2. The Balaban J connectivity index is 2.10. The minimum Gasteiger partial charge on any atom is -0.456 e. The fourth-order valence-electron chi connectivity index (χ4n) is 2.10. The molecule has 0 aliphatic rings. The van der Waals surface area contributed by atoms with Gasteiger partial charge in [0.15, 0.2) is 0 Å². The van der Waals surface area contributed by atoms with Crippen molar-refractivity contribution in [2.45, 2.75) is 6.54 Å². The molecule has 0 fully saturated rings. The molecule has 5 heteroatoms. The molecular formula is C16H12BrFN2O. The Morgan fingerprint density at radius 1 is 1.14 bits per heavy atom. The maximum absolute atomic E-state index is 13.4. The van der Waals surface area contributed by atoms with Crippen molar-refractivity contribution in [1.82, 2.24) is 4.98 Å². The highest BCUT2D eigenvalue weighted by Gasteiger charge is 2.08. The lowest BCUT2D eigenvalue weighted by atomic mass is 10.2. The van der Waals surface area contributed by atoms with Crippen molar-refractivity contribution in [1.29, 1.82) is 0 Å². The second-order valence-electron chi connectivity index (χ2n) is 4.54. The molecule has 106 valence electrons. The first kappa shape index (κ1) is 14.0. The molecule has 0 saturated heterocycles. The molecule has 0 saturated carbocycles. The number of para-hydroxylation sites is 1. The fourth-order valence-corrected chi connectivity index (χ4v) is 2.54. The van der Waals surface area contributed by atoms with Gasteiger partial charge in [-0.2, -0.15) is 0 Å². The Kier molecular flexibility index (Phi) is 3.86. The number of nitrogens with zero attached hydrogens (tertiary/aromatic N) is 1. The summed E-state index contributed by atoms with van der Waals surface area (Å²) < 4.78 is 19.9. The highest BCUT2D eigenvalue weighted by Crippen LogP contribution is 2.31. The third-order valence-electron chi connectivity index (χ3n) is 3.00. The van der Waals surface area contributed by atoms with Crippen LogP contribution in [-0.4, -0.2) is 4.98 Å². The van der Waals surface area contributed by atoms with Gasteiger partial charge in [-0.05, 0) is 24.3 Å². The number of rotatable bonds is 3. The van der Waals surface area contributed by atoms with E-state index in [1.165, 1.54) is 12.1 Å². The van der Waals surface area contributed by atoms with Crippen LogP contribution in [0.15, 0.2) is 53.0 Å². The van der Waals surface area contributed by atoms with Crippen LogP contribution in [0.1, 0.15) is 5.69 Å². The van der Waals surface area contributed by atoms with Gasteiger partial charge in [0.25, 0.3) is 0 Å². The zero-order chi connectivity index (χ0) is 14.8. The molecule has 0 aliphatic carbocycles. The maximum Gasteiger partial charge on any atom is 0.138 e. The summed E-state index contributed by atoms with van der Waals surface area (Å²) in [5, 5.41) is 0.857. The van der Waals surface area contributed by atoms with E-state index in [2.05, 4.69) is 20.9 Å². The van der Waals surface area contributed by atoms with Crippen LogP contribution in [0.5, 0.6) is 11.5 Å². The third-order valence-corrected chi connectivity index (χ3v) is 3.46. The number of aromatic nitrogens is 1. The summed E-state index contributed by atoms with van der Waals surface area (Å²) in [6, 6.07) is 13.8. The van der Waals surface area contributed by atoms with Crippen molar-refractivity contribution in [3.63, 3.8) is 0 Å². The van der Waals surface area contributed by atoms with Gasteiger partial charge in [0.1, 0.15) is 17.3 Å². The lowest BCUT2D eigenvalue weighted by molar-refractivity contribution is 0.480. The smallest absolute Gasteiger partial charge is 0.138 e. The lowest BCUT2D eigenvalue weighted by Crippen LogP contribution is -2.00. The van der Waals surface area contributed by atoms with Crippen LogP contribution in [0.2, 0.25) is 0 Å². The van der Waals surface area contributed by atoms with E-state index in [0.29, 0.717) is 22.5 Å². The lowest BCUT2D eigenvalue weighted by Gasteiger charge is -2.11. The van der Waals surface area contributed by atoms with Crippen molar-refractivity contribution in [3.05, 3.63) is 64.5 Å². The zero-order valence-electron chi connectivity index (χ0n) is 11.0. The Hall–Kier alpha value is -1.98. The van der Waals surface area contributed by atoms with Crippen LogP contribution >= 0.6 is 15.9 Å². The summed E-state index contributed by atoms with van der Waals surface area (Å²) in [5.74, 6) is 0.663. The van der Waals surface area contributed by atoms with Gasteiger partial charge >= 0.3 is 0 Å². The number of fused-ring (bicyclic) bond motifs is 1. The molecular weight excluding hydrogens is 335 g/mol. The zero-order valence-corrected chi connectivity index (χ0v) is 12.6. The minimum absolute atomic E-state index is 0.314. The first-order valence-corrected chi connectivity index (χ1v) is 7.17. The maximum atomic E-state index is 13.4. The van der Waals surface area contributed by atoms with E-state index < -0.39 is 0 Å². The molecule has 0 amide bonds.